The second-order valence-corrected chi connectivity index (χ2v) is 6.14. The Morgan fingerprint density at radius 2 is 2.05 bits per heavy atom. The molecule has 0 amide bonds. The van der Waals surface area contributed by atoms with Gasteiger partial charge in [-0.2, -0.15) is 0 Å². The molecular formula is C16H26ClN3S. The van der Waals surface area contributed by atoms with Gasteiger partial charge in [-0.15, -0.1) is 0 Å². The first-order valence-corrected chi connectivity index (χ1v) is 8.34. The third-order valence-electron chi connectivity index (χ3n) is 3.65. The predicted octanol–water partition coefficient (Wildman–Crippen LogP) is 3.90. The highest BCUT2D eigenvalue weighted by Crippen LogP contribution is 2.22. The third kappa shape index (κ3) is 6.20. The molecule has 0 spiro atoms. The molecule has 5 heteroatoms. The van der Waals surface area contributed by atoms with E-state index in [2.05, 4.69) is 31.0 Å². The smallest absolute Gasteiger partial charge is 0.106 e. The second kappa shape index (κ2) is 9.23. The van der Waals surface area contributed by atoms with Gasteiger partial charge in [0.05, 0.1) is 0 Å². The van der Waals surface area contributed by atoms with Crippen LogP contribution in [0.3, 0.4) is 0 Å². The van der Waals surface area contributed by atoms with Crippen molar-refractivity contribution in [2.75, 3.05) is 25.0 Å². The van der Waals surface area contributed by atoms with Crippen molar-refractivity contribution >= 4 is 34.5 Å². The Balaban J connectivity index is 2.56. The lowest BCUT2D eigenvalue weighted by Gasteiger charge is -2.21. The summed E-state index contributed by atoms with van der Waals surface area (Å²) in [6.45, 7) is 9.93. The van der Waals surface area contributed by atoms with E-state index in [1.165, 1.54) is 6.42 Å². The molecule has 1 atom stereocenters. The Morgan fingerprint density at radius 1 is 1.38 bits per heavy atom. The number of hydrogen-bond acceptors (Lipinski definition) is 3. The van der Waals surface area contributed by atoms with Crippen molar-refractivity contribution in [2.24, 2.45) is 5.73 Å². The molecule has 3 N–H and O–H groups in total. The van der Waals surface area contributed by atoms with Gasteiger partial charge in [-0.25, -0.2) is 0 Å². The zero-order valence-corrected chi connectivity index (χ0v) is 14.7. The van der Waals surface area contributed by atoms with Crippen LogP contribution in [0.1, 0.15) is 39.2 Å². The van der Waals surface area contributed by atoms with Gasteiger partial charge in [-0.3, -0.25) is 0 Å². The van der Waals surface area contributed by atoms with Crippen LogP contribution in [0.5, 0.6) is 0 Å². The van der Waals surface area contributed by atoms with Crippen LogP contribution in [0.4, 0.5) is 5.69 Å². The minimum absolute atomic E-state index is 0.354. The Kier molecular flexibility index (Phi) is 8.01. The van der Waals surface area contributed by atoms with Crippen LogP contribution in [0.25, 0.3) is 0 Å². The molecule has 0 fully saturated rings. The van der Waals surface area contributed by atoms with Gasteiger partial charge in [0.15, 0.2) is 0 Å². The lowest BCUT2D eigenvalue weighted by molar-refractivity contribution is 0.295. The highest BCUT2D eigenvalue weighted by Gasteiger charge is 2.09. The van der Waals surface area contributed by atoms with Gasteiger partial charge in [-0.1, -0.05) is 37.7 Å². The number of nitrogens with two attached hydrogens (primary N) is 1. The quantitative estimate of drug-likeness (QED) is 0.675. The van der Waals surface area contributed by atoms with Crippen LogP contribution in [-0.2, 0) is 0 Å². The molecule has 1 unspecified atom stereocenters. The topological polar surface area (TPSA) is 41.3 Å². The number of nitrogens with one attached hydrogen (secondary N) is 1. The zero-order valence-electron chi connectivity index (χ0n) is 13.2. The maximum atomic E-state index is 6.06. The van der Waals surface area contributed by atoms with Crippen molar-refractivity contribution in [3.05, 3.63) is 28.8 Å². The summed E-state index contributed by atoms with van der Waals surface area (Å²) in [6, 6.07) is 5.92. The number of rotatable bonds is 9. The summed E-state index contributed by atoms with van der Waals surface area (Å²) in [5.41, 5.74) is 7.53. The molecule has 1 rings (SSSR count). The molecule has 118 valence electrons. The Labute approximate surface area is 138 Å². The molecule has 0 bridgehead atoms. The van der Waals surface area contributed by atoms with Gasteiger partial charge in [0.1, 0.15) is 4.99 Å². The maximum absolute atomic E-state index is 6.06. The summed E-state index contributed by atoms with van der Waals surface area (Å²) in [7, 11) is 0. The number of benzene rings is 1. The molecule has 1 aromatic carbocycles. The third-order valence-corrected chi connectivity index (χ3v) is 4.11. The Morgan fingerprint density at radius 3 is 2.62 bits per heavy atom. The molecule has 0 radical (unpaired) electrons. The van der Waals surface area contributed by atoms with Gasteiger partial charge in [0, 0.05) is 22.3 Å². The first-order chi connectivity index (χ1) is 9.97. The maximum Gasteiger partial charge on any atom is 0.106 e. The van der Waals surface area contributed by atoms with Gasteiger partial charge in [0.2, 0.25) is 0 Å². The molecule has 0 aliphatic carbocycles. The minimum atomic E-state index is 0.354. The Bertz CT molecular complexity index is 461. The normalized spacial score (nSPS) is 12.4. The van der Waals surface area contributed by atoms with E-state index in [9.17, 15) is 0 Å². The van der Waals surface area contributed by atoms with Crippen molar-refractivity contribution in [1.82, 2.24) is 4.90 Å². The molecule has 0 heterocycles. The van der Waals surface area contributed by atoms with Crippen LogP contribution < -0.4 is 11.1 Å². The van der Waals surface area contributed by atoms with Crippen LogP contribution in [0.15, 0.2) is 18.2 Å². The van der Waals surface area contributed by atoms with Crippen LogP contribution in [-0.4, -0.2) is 35.6 Å². The van der Waals surface area contributed by atoms with Gasteiger partial charge in [0.25, 0.3) is 0 Å². The van der Waals surface area contributed by atoms with Crippen molar-refractivity contribution in [1.29, 1.82) is 0 Å². The molecule has 21 heavy (non-hydrogen) atoms. The SMILES string of the molecule is CCN(CC)CCCC(C)Nc1cc(Cl)ccc1C(N)=S. The van der Waals surface area contributed by atoms with E-state index in [0.29, 0.717) is 16.1 Å². The zero-order chi connectivity index (χ0) is 15.8. The van der Waals surface area contributed by atoms with E-state index in [0.717, 1.165) is 37.3 Å². The fourth-order valence-electron chi connectivity index (χ4n) is 2.35. The molecule has 0 saturated heterocycles. The highest BCUT2D eigenvalue weighted by molar-refractivity contribution is 7.80. The molecule has 3 nitrogen and oxygen atoms in total. The Hall–Kier alpha value is -0.840. The van der Waals surface area contributed by atoms with Crippen molar-refractivity contribution in [3.8, 4) is 0 Å². The monoisotopic (exact) mass is 327 g/mol. The van der Waals surface area contributed by atoms with Crippen molar-refractivity contribution < 1.29 is 0 Å². The van der Waals surface area contributed by atoms with E-state index in [4.69, 9.17) is 29.6 Å². The molecule has 1 aromatic rings. The van der Waals surface area contributed by atoms with Crippen molar-refractivity contribution in [3.63, 3.8) is 0 Å². The number of anilines is 1. The summed E-state index contributed by atoms with van der Waals surface area (Å²) in [5, 5.41) is 4.16. The number of hydrogen-bond donors (Lipinski definition) is 2. The molecule has 0 aromatic heterocycles. The summed E-state index contributed by atoms with van der Waals surface area (Å²) < 4.78 is 0. The number of halogens is 1. The first-order valence-electron chi connectivity index (χ1n) is 7.56. The van der Waals surface area contributed by atoms with E-state index in [1.807, 2.05) is 18.2 Å². The average Bonchev–Trinajstić information content (AvgIpc) is 2.43. The second-order valence-electron chi connectivity index (χ2n) is 5.27. The van der Waals surface area contributed by atoms with Crippen LogP contribution in [0.2, 0.25) is 5.02 Å². The fraction of sp³-hybridized carbons (Fsp3) is 0.562. The first kappa shape index (κ1) is 18.2. The molecule has 0 saturated carbocycles. The lowest BCUT2D eigenvalue weighted by Crippen LogP contribution is -2.26. The predicted molar refractivity (Wildman–Crippen MR) is 97.4 cm³/mol. The lowest BCUT2D eigenvalue weighted by atomic mass is 10.1. The highest BCUT2D eigenvalue weighted by atomic mass is 35.5. The number of thiocarbonyl (C=S) groups is 1. The van der Waals surface area contributed by atoms with E-state index < -0.39 is 0 Å². The molecular weight excluding hydrogens is 302 g/mol. The van der Waals surface area contributed by atoms with Gasteiger partial charge >= 0.3 is 0 Å². The van der Waals surface area contributed by atoms with Crippen LogP contribution >= 0.6 is 23.8 Å². The van der Waals surface area contributed by atoms with E-state index in [-0.39, 0.29) is 0 Å². The summed E-state index contributed by atoms with van der Waals surface area (Å²) in [4.78, 5) is 2.83. The van der Waals surface area contributed by atoms with Crippen LogP contribution in [0, 0.1) is 0 Å². The standard InChI is InChI=1S/C16H26ClN3S/c1-4-20(5-2)10-6-7-12(3)19-15-11-13(17)8-9-14(15)16(18)21/h8-9,11-12,19H,4-7,10H2,1-3H3,(H2,18,21). The van der Waals surface area contributed by atoms with Gasteiger partial charge < -0.3 is 16.0 Å². The van der Waals surface area contributed by atoms with E-state index >= 15 is 0 Å². The summed E-state index contributed by atoms with van der Waals surface area (Å²) in [6.07, 6.45) is 2.26. The largest absolute Gasteiger partial charge is 0.389 e. The number of nitrogens with zero attached hydrogens (tertiary/aromatic N) is 1. The van der Waals surface area contributed by atoms with Crippen molar-refractivity contribution in [2.45, 2.75) is 39.7 Å². The average molecular weight is 328 g/mol. The summed E-state index contributed by atoms with van der Waals surface area (Å²) in [5.74, 6) is 0. The van der Waals surface area contributed by atoms with Gasteiger partial charge in [-0.05, 0) is 57.6 Å². The van der Waals surface area contributed by atoms with E-state index in [1.54, 1.807) is 0 Å². The molecule has 0 aliphatic rings. The minimum Gasteiger partial charge on any atom is -0.389 e. The summed E-state index contributed by atoms with van der Waals surface area (Å²) >= 11 is 11.1. The molecule has 0 aliphatic heterocycles. The fourth-order valence-corrected chi connectivity index (χ4v) is 2.70.